The van der Waals surface area contributed by atoms with Gasteiger partial charge in [0.1, 0.15) is 24.2 Å². The van der Waals surface area contributed by atoms with Crippen molar-refractivity contribution in [1.82, 2.24) is 25.5 Å². The van der Waals surface area contributed by atoms with E-state index in [9.17, 15) is 14.0 Å². The van der Waals surface area contributed by atoms with E-state index in [0.29, 0.717) is 17.9 Å². The summed E-state index contributed by atoms with van der Waals surface area (Å²) in [5, 5.41) is 15.0. The largest absolute Gasteiger partial charge is 0.458 e. The highest BCUT2D eigenvalue weighted by molar-refractivity contribution is 6.00. The number of hydrogen-bond donors (Lipinski definition) is 1. The van der Waals surface area contributed by atoms with Crippen LogP contribution in [0.1, 0.15) is 46.8 Å². The molecule has 1 N–H and O–H groups in total. The lowest BCUT2D eigenvalue weighted by molar-refractivity contribution is -0.128. The molecule has 2 heterocycles. The predicted octanol–water partition coefficient (Wildman–Crippen LogP) is 3.74. The van der Waals surface area contributed by atoms with Gasteiger partial charge in [-0.1, -0.05) is 26.0 Å². The van der Waals surface area contributed by atoms with E-state index in [1.54, 1.807) is 25.1 Å². The fourth-order valence-electron chi connectivity index (χ4n) is 3.51. The van der Waals surface area contributed by atoms with Crippen molar-refractivity contribution in [3.63, 3.8) is 0 Å². The molecule has 9 nitrogen and oxygen atoms in total. The lowest BCUT2D eigenvalue weighted by Gasteiger charge is -2.34. The number of nitrogens with zero attached hydrogens (tertiary/aromatic N) is 5. The second-order valence-corrected chi connectivity index (χ2v) is 9.65. The highest BCUT2D eigenvalue weighted by Crippen LogP contribution is 2.26. The average molecular weight is 471 g/mol. The minimum absolute atomic E-state index is 0.0178. The minimum Gasteiger partial charge on any atom is -0.458 e. The lowest BCUT2D eigenvalue weighted by atomic mass is 9.99. The first-order valence-corrected chi connectivity index (χ1v) is 11.2. The van der Waals surface area contributed by atoms with Crippen molar-refractivity contribution >= 4 is 17.5 Å². The summed E-state index contributed by atoms with van der Waals surface area (Å²) < 4.78 is 20.4. The van der Waals surface area contributed by atoms with Crippen LogP contribution in [0.25, 0.3) is 11.6 Å². The molecule has 182 valence electrons. The summed E-state index contributed by atoms with van der Waals surface area (Å²) in [5.74, 6) is -0.112. The number of rotatable bonds is 8. The number of aryl methyl sites for hydroxylation is 1. The number of nitrogens with one attached hydrogen (secondary N) is 1. The van der Waals surface area contributed by atoms with Crippen LogP contribution >= 0.6 is 0 Å². The van der Waals surface area contributed by atoms with Crippen LogP contribution in [-0.2, 0) is 16.1 Å². The number of tetrazole rings is 1. The first kappa shape index (κ1) is 25.1. The summed E-state index contributed by atoms with van der Waals surface area (Å²) in [6.07, 6.45) is 0.337. The molecule has 2 amide bonds. The van der Waals surface area contributed by atoms with Gasteiger partial charge in [-0.3, -0.25) is 14.5 Å². The molecule has 0 bridgehead atoms. The zero-order chi connectivity index (χ0) is 25.0. The quantitative estimate of drug-likeness (QED) is 0.538. The molecule has 0 saturated carbocycles. The minimum atomic E-state index is -0.931. The third-order valence-electron chi connectivity index (χ3n) is 4.88. The van der Waals surface area contributed by atoms with Crippen LogP contribution in [0.5, 0.6) is 0 Å². The maximum absolute atomic E-state index is 14.9. The molecule has 34 heavy (non-hydrogen) atoms. The molecule has 10 heteroatoms. The van der Waals surface area contributed by atoms with E-state index < -0.39 is 23.3 Å². The van der Waals surface area contributed by atoms with Gasteiger partial charge in [0.2, 0.25) is 11.7 Å². The van der Waals surface area contributed by atoms with Gasteiger partial charge in [0, 0.05) is 5.54 Å². The van der Waals surface area contributed by atoms with Gasteiger partial charge in [-0.25, -0.2) is 4.39 Å². The van der Waals surface area contributed by atoms with Crippen LogP contribution in [0.15, 0.2) is 40.8 Å². The zero-order valence-corrected chi connectivity index (χ0v) is 20.4. The Morgan fingerprint density at radius 3 is 2.47 bits per heavy atom. The molecule has 1 aromatic carbocycles. The van der Waals surface area contributed by atoms with Gasteiger partial charge in [-0.05, 0) is 69.5 Å². The van der Waals surface area contributed by atoms with Crippen molar-refractivity contribution in [2.45, 2.75) is 66.1 Å². The predicted molar refractivity (Wildman–Crippen MR) is 125 cm³/mol. The van der Waals surface area contributed by atoms with Gasteiger partial charge >= 0.3 is 0 Å². The van der Waals surface area contributed by atoms with Crippen molar-refractivity contribution in [3.8, 4) is 11.6 Å². The number of anilines is 1. The Balaban J connectivity index is 1.96. The van der Waals surface area contributed by atoms with Gasteiger partial charge < -0.3 is 9.73 Å². The summed E-state index contributed by atoms with van der Waals surface area (Å²) in [4.78, 5) is 29.1. The Hall–Kier alpha value is -3.56. The number of halogens is 1. The number of para-hydroxylation sites is 1. The van der Waals surface area contributed by atoms with Gasteiger partial charge in [0.15, 0.2) is 5.76 Å². The molecule has 2 aromatic heterocycles. The SMILES string of the molecule is Cc1ccc(-c2nnn(CC(=O)N(c3ccccc3F)[C@H](CC(C)C)C(=O)NC(C)(C)C)n2)o1. The normalized spacial score (nSPS) is 12.6. The number of carbonyl (C=O) groups is 2. The van der Waals surface area contributed by atoms with Gasteiger partial charge in [0.05, 0.1) is 5.69 Å². The number of carbonyl (C=O) groups excluding carboxylic acids is 2. The fourth-order valence-corrected chi connectivity index (χ4v) is 3.51. The van der Waals surface area contributed by atoms with Crippen LogP contribution in [0.4, 0.5) is 10.1 Å². The first-order chi connectivity index (χ1) is 15.9. The van der Waals surface area contributed by atoms with Crippen molar-refractivity contribution in [2.75, 3.05) is 4.90 Å². The zero-order valence-electron chi connectivity index (χ0n) is 20.4. The van der Waals surface area contributed by atoms with E-state index in [1.807, 2.05) is 34.6 Å². The number of amides is 2. The van der Waals surface area contributed by atoms with E-state index in [1.165, 1.54) is 23.1 Å². The average Bonchev–Trinajstić information content (AvgIpc) is 3.36. The van der Waals surface area contributed by atoms with Crippen LogP contribution in [0, 0.1) is 18.7 Å². The Labute approximate surface area is 198 Å². The number of benzene rings is 1. The van der Waals surface area contributed by atoms with Crippen molar-refractivity contribution in [2.24, 2.45) is 5.92 Å². The summed E-state index contributed by atoms with van der Waals surface area (Å²) in [5.41, 5.74) is -0.510. The Bertz CT molecular complexity index is 1150. The molecule has 0 aliphatic carbocycles. The van der Waals surface area contributed by atoms with Gasteiger partial charge in [-0.2, -0.15) is 4.80 Å². The smallest absolute Gasteiger partial charge is 0.251 e. The van der Waals surface area contributed by atoms with E-state index in [0.717, 1.165) is 4.80 Å². The van der Waals surface area contributed by atoms with E-state index in [2.05, 4.69) is 20.7 Å². The van der Waals surface area contributed by atoms with Gasteiger partial charge in [0.25, 0.3) is 5.91 Å². The van der Waals surface area contributed by atoms with E-state index in [4.69, 9.17) is 4.42 Å². The molecule has 0 spiro atoms. The standard InChI is InChI=1S/C24H31FN6O3/c1-15(2)13-19(23(33)26-24(4,5)6)31(18-10-8-7-9-17(18)25)21(32)14-30-28-22(27-29-30)20-12-11-16(3)34-20/h7-12,15,19H,13-14H2,1-6H3,(H,26,33)/t19-/m1/s1. The molecule has 0 saturated heterocycles. The van der Waals surface area contributed by atoms with Crippen LogP contribution < -0.4 is 10.2 Å². The molecule has 0 fully saturated rings. The molecule has 1 atom stereocenters. The molecule has 3 aromatic rings. The maximum Gasteiger partial charge on any atom is 0.251 e. The Kier molecular flexibility index (Phi) is 7.48. The molecule has 3 rings (SSSR count). The second kappa shape index (κ2) is 10.1. The van der Waals surface area contributed by atoms with E-state index in [-0.39, 0.29) is 29.9 Å². The molecular formula is C24H31FN6O3. The summed E-state index contributed by atoms with van der Waals surface area (Å²) in [7, 11) is 0. The van der Waals surface area contributed by atoms with Crippen molar-refractivity contribution in [3.05, 3.63) is 48.0 Å². The Morgan fingerprint density at radius 2 is 1.88 bits per heavy atom. The summed E-state index contributed by atoms with van der Waals surface area (Å²) >= 11 is 0. The summed E-state index contributed by atoms with van der Waals surface area (Å²) in [6.45, 7) is 10.9. The number of aromatic nitrogens is 4. The number of furan rings is 1. The van der Waals surface area contributed by atoms with Crippen LogP contribution in [0.2, 0.25) is 0 Å². The van der Waals surface area contributed by atoms with Gasteiger partial charge in [-0.15, -0.1) is 10.2 Å². The monoisotopic (exact) mass is 470 g/mol. The molecule has 0 aliphatic rings. The molecule has 0 unspecified atom stereocenters. The highest BCUT2D eigenvalue weighted by Gasteiger charge is 2.35. The van der Waals surface area contributed by atoms with Crippen LogP contribution in [-0.4, -0.2) is 43.6 Å². The van der Waals surface area contributed by atoms with Crippen LogP contribution in [0.3, 0.4) is 0 Å². The fraction of sp³-hybridized carbons (Fsp3) is 0.458. The number of hydrogen-bond acceptors (Lipinski definition) is 6. The summed E-state index contributed by atoms with van der Waals surface area (Å²) in [6, 6.07) is 8.44. The van der Waals surface area contributed by atoms with Crippen molar-refractivity contribution in [1.29, 1.82) is 0 Å². The van der Waals surface area contributed by atoms with E-state index >= 15 is 0 Å². The third-order valence-corrected chi connectivity index (χ3v) is 4.88. The topological polar surface area (TPSA) is 106 Å². The molecule has 0 radical (unpaired) electrons. The maximum atomic E-state index is 14.9. The highest BCUT2D eigenvalue weighted by atomic mass is 19.1. The lowest BCUT2D eigenvalue weighted by Crippen LogP contribution is -2.55. The Morgan fingerprint density at radius 1 is 1.18 bits per heavy atom. The first-order valence-electron chi connectivity index (χ1n) is 11.2. The third kappa shape index (κ3) is 6.27. The van der Waals surface area contributed by atoms with Crippen molar-refractivity contribution < 1.29 is 18.4 Å². The second-order valence-electron chi connectivity index (χ2n) is 9.65. The molecular weight excluding hydrogens is 439 g/mol. The molecule has 0 aliphatic heterocycles.